The molecule has 1 aromatic carbocycles. The van der Waals surface area contributed by atoms with Crippen LogP contribution in [0.25, 0.3) is 0 Å². The second-order valence-corrected chi connectivity index (χ2v) is 6.24. The van der Waals surface area contributed by atoms with Gasteiger partial charge in [0.15, 0.2) is 0 Å². The number of hydrogen-bond acceptors (Lipinski definition) is 2. The minimum Gasteiger partial charge on any atom is -0.312 e. The summed E-state index contributed by atoms with van der Waals surface area (Å²) in [6.45, 7) is 13.4. The molecule has 0 amide bonds. The summed E-state index contributed by atoms with van der Waals surface area (Å²) in [7, 11) is 0. The highest BCUT2D eigenvalue weighted by atomic mass is 15.1. The second-order valence-electron chi connectivity index (χ2n) is 6.24. The average Bonchev–Trinajstić information content (AvgIpc) is 2.37. The standard InChI is InChI=1S/C17H30N2/c1-5-19(15-16-11-7-6-8-12-16)14-10-9-13-18-17(2,3)4/h6-8,11-12,18H,5,9-10,13-15H2,1-4H3. The first-order valence-electron chi connectivity index (χ1n) is 7.52. The summed E-state index contributed by atoms with van der Waals surface area (Å²) in [4.78, 5) is 2.52. The molecule has 0 unspecified atom stereocenters. The fourth-order valence-electron chi connectivity index (χ4n) is 2.11. The maximum atomic E-state index is 3.54. The normalized spacial score (nSPS) is 12.1. The van der Waals surface area contributed by atoms with E-state index in [-0.39, 0.29) is 5.54 Å². The van der Waals surface area contributed by atoms with E-state index in [1.54, 1.807) is 0 Å². The third-order valence-corrected chi connectivity index (χ3v) is 3.25. The fraction of sp³-hybridized carbons (Fsp3) is 0.647. The Labute approximate surface area is 119 Å². The molecule has 0 aromatic heterocycles. The van der Waals surface area contributed by atoms with Crippen molar-refractivity contribution in [1.29, 1.82) is 0 Å². The van der Waals surface area contributed by atoms with Gasteiger partial charge in [-0.1, -0.05) is 37.3 Å². The molecule has 0 fully saturated rings. The monoisotopic (exact) mass is 262 g/mol. The third kappa shape index (κ3) is 8.02. The van der Waals surface area contributed by atoms with E-state index in [0.29, 0.717) is 0 Å². The Kier molecular flexibility index (Phi) is 7.11. The molecular formula is C17H30N2. The molecule has 0 bridgehead atoms. The van der Waals surface area contributed by atoms with Crippen LogP contribution in [0.1, 0.15) is 46.1 Å². The lowest BCUT2D eigenvalue weighted by atomic mass is 10.1. The van der Waals surface area contributed by atoms with Crippen LogP contribution >= 0.6 is 0 Å². The Morgan fingerprint density at radius 1 is 1.05 bits per heavy atom. The highest BCUT2D eigenvalue weighted by molar-refractivity contribution is 5.14. The van der Waals surface area contributed by atoms with Crippen molar-refractivity contribution in [2.45, 2.75) is 52.6 Å². The van der Waals surface area contributed by atoms with Gasteiger partial charge >= 0.3 is 0 Å². The van der Waals surface area contributed by atoms with Crippen molar-refractivity contribution >= 4 is 0 Å². The summed E-state index contributed by atoms with van der Waals surface area (Å²) in [6.07, 6.45) is 2.52. The van der Waals surface area contributed by atoms with Gasteiger partial charge < -0.3 is 5.32 Å². The average molecular weight is 262 g/mol. The molecule has 0 aliphatic carbocycles. The number of unbranched alkanes of at least 4 members (excludes halogenated alkanes) is 1. The van der Waals surface area contributed by atoms with Gasteiger partial charge in [0.1, 0.15) is 0 Å². The van der Waals surface area contributed by atoms with Crippen LogP contribution in [-0.4, -0.2) is 30.1 Å². The Hall–Kier alpha value is -0.860. The largest absolute Gasteiger partial charge is 0.312 e. The van der Waals surface area contributed by atoms with E-state index < -0.39 is 0 Å². The van der Waals surface area contributed by atoms with Crippen molar-refractivity contribution in [3.8, 4) is 0 Å². The van der Waals surface area contributed by atoms with E-state index in [1.807, 2.05) is 0 Å². The number of nitrogens with one attached hydrogen (secondary N) is 1. The van der Waals surface area contributed by atoms with Crippen molar-refractivity contribution in [3.63, 3.8) is 0 Å². The van der Waals surface area contributed by atoms with Crippen LogP contribution < -0.4 is 5.32 Å². The summed E-state index contributed by atoms with van der Waals surface area (Å²) in [5, 5.41) is 3.54. The predicted octanol–water partition coefficient (Wildman–Crippen LogP) is 3.68. The molecule has 0 aliphatic rings. The summed E-state index contributed by atoms with van der Waals surface area (Å²) in [6, 6.07) is 10.7. The first kappa shape index (κ1) is 16.2. The molecule has 0 saturated carbocycles. The lowest BCUT2D eigenvalue weighted by Crippen LogP contribution is -2.36. The molecule has 0 radical (unpaired) electrons. The van der Waals surface area contributed by atoms with Crippen LogP contribution in [-0.2, 0) is 6.54 Å². The van der Waals surface area contributed by atoms with E-state index in [2.05, 4.69) is 68.2 Å². The van der Waals surface area contributed by atoms with Crippen LogP contribution in [0.5, 0.6) is 0 Å². The molecule has 0 atom stereocenters. The molecule has 2 nitrogen and oxygen atoms in total. The highest BCUT2D eigenvalue weighted by Crippen LogP contribution is 2.06. The lowest BCUT2D eigenvalue weighted by molar-refractivity contribution is 0.271. The molecule has 0 heterocycles. The molecule has 108 valence electrons. The maximum Gasteiger partial charge on any atom is 0.0233 e. The molecule has 2 heteroatoms. The number of rotatable bonds is 8. The molecule has 19 heavy (non-hydrogen) atoms. The van der Waals surface area contributed by atoms with Crippen molar-refractivity contribution in [1.82, 2.24) is 10.2 Å². The molecular weight excluding hydrogens is 232 g/mol. The van der Waals surface area contributed by atoms with Crippen LogP contribution in [0.15, 0.2) is 30.3 Å². The van der Waals surface area contributed by atoms with E-state index in [1.165, 1.54) is 24.9 Å². The Balaban J connectivity index is 2.19. The number of benzene rings is 1. The first-order chi connectivity index (χ1) is 9.01. The van der Waals surface area contributed by atoms with Gasteiger partial charge in [0, 0.05) is 12.1 Å². The van der Waals surface area contributed by atoms with Gasteiger partial charge in [-0.3, -0.25) is 4.90 Å². The van der Waals surface area contributed by atoms with Gasteiger partial charge in [-0.05, 0) is 58.8 Å². The SMILES string of the molecule is CCN(CCCCNC(C)(C)C)Cc1ccccc1. The molecule has 0 aliphatic heterocycles. The van der Waals surface area contributed by atoms with Gasteiger partial charge in [0.25, 0.3) is 0 Å². The van der Waals surface area contributed by atoms with Crippen LogP contribution in [0.3, 0.4) is 0 Å². The maximum absolute atomic E-state index is 3.54. The van der Waals surface area contributed by atoms with Crippen LogP contribution in [0.4, 0.5) is 0 Å². The molecule has 0 saturated heterocycles. The van der Waals surface area contributed by atoms with Crippen LogP contribution in [0.2, 0.25) is 0 Å². The van der Waals surface area contributed by atoms with Gasteiger partial charge in [-0.15, -0.1) is 0 Å². The lowest BCUT2D eigenvalue weighted by Gasteiger charge is -2.22. The zero-order valence-electron chi connectivity index (χ0n) is 13.1. The van der Waals surface area contributed by atoms with Crippen molar-refractivity contribution in [3.05, 3.63) is 35.9 Å². The first-order valence-corrected chi connectivity index (χ1v) is 7.52. The highest BCUT2D eigenvalue weighted by Gasteiger charge is 2.08. The second kappa shape index (κ2) is 8.34. The van der Waals surface area contributed by atoms with Crippen molar-refractivity contribution in [2.75, 3.05) is 19.6 Å². The minimum atomic E-state index is 0.245. The fourth-order valence-corrected chi connectivity index (χ4v) is 2.11. The Morgan fingerprint density at radius 2 is 1.74 bits per heavy atom. The number of nitrogens with zero attached hydrogens (tertiary/aromatic N) is 1. The third-order valence-electron chi connectivity index (χ3n) is 3.25. The molecule has 1 rings (SSSR count). The van der Waals surface area contributed by atoms with Gasteiger partial charge in [0.05, 0.1) is 0 Å². The van der Waals surface area contributed by atoms with Crippen LogP contribution in [0, 0.1) is 0 Å². The Bertz CT molecular complexity index is 327. The molecule has 0 spiro atoms. The zero-order valence-corrected chi connectivity index (χ0v) is 13.1. The van der Waals surface area contributed by atoms with Crippen molar-refractivity contribution in [2.24, 2.45) is 0 Å². The van der Waals surface area contributed by atoms with Crippen molar-refractivity contribution < 1.29 is 0 Å². The predicted molar refractivity (Wildman–Crippen MR) is 84.4 cm³/mol. The van der Waals surface area contributed by atoms with Gasteiger partial charge in [-0.2, -0.15) is 0 Å². The Morgan fingerprint density at radius 3 is 2.32 bits per heavy atom. The number of hydrogen-bond donors (Lipinski definition) is 1. The summed E-state index contributed by atoms with van der Waals surface area (Å²) >= 11 is 0. The summed E-state index contributed by atoms with van der Waals surface area (Å²) in [5.74, 6) is 0. The van der Waals surface area contributed by atoms with E-state index in [9.17, 15) is 0 Å². The summed E-state index contributed by atoms with van der Waals surface area (Å²) in [5.41, 5.74) is 1.66. The molecule has 1 N–H and O–H groups in total. The van der Waals surface area contributed by atoms with E-state index in [0.717, 1.165) is 19.6 Å². The summed E-state index contributed by atoms with van der Waals surface area (Å²) < 4.78 is 0. The van der Waals surface area contributed by atoms with E-state index >= 15 is 0 Å². The quantitative estimate of drug-likeness (QED) is 0.719. The van der Waals surface area contributed by atoms with Gasteiger partial charge in [-0.25, -0.2) is 0 Å². The van der Waals surface area contributed by atoms with Gasteiger partial charge in [0.2, 0.25) is 0 Å². The minimum absolute atomic E-state index is 0.245. The topological polar surface area (TPSA) is 15.3 Å². The smallest absolute Gasteiger partial charge is 0.0233 e. The zero-order chi connectivity index (χ0) is 14.1. The molecule has 1 aromatic rings. The van der Waals surface area contributed by atoms with E-state index in [4.69, 9.17) is 0 Å².